The Bertz CT molecular complexity index is 72.8. The third kappa shape index (κ3) is 4.27. The molecule has 0 fully saturated rings. The Balaban J connectivity index is 2.99. The first-order chi connectivity index (χ1) is 3.81. The number of carbonyl (C=O) groups excluding carboxylic acids is 1. The summed E-state index contributed by atoms with van der Waals surface area (Å²) in [6, 6.07) is 0. The van der Waals surface area contributed by atoms with Crippen LogP contribution in [0.2, 0.25) is 0 Å². The first-order valence-corrected chi connectivity index (χ1v) is 3.58. The van der Waals surface area contributed by atoms with Crippen LogP contribution < -0.4 is 0 Å². The fraction of sp³-hybridized carbons (Fsp3) is 0.800. The van der Waals surface area contributed by atoms with Gasteiger partial charge in [-0.2, -0.15) is 0 Å². The molecule has 0 aliphatic carbocycles. The average molecular weight is 181 g/mol. The van der Waals surface area contributed by atoms with E-state index in [9.17, 15) is 4.79 Å². The molecule has 0 aliphatic rings. The van der Waals surface area contributed by atoms with Crippen molar-refractivity contribution in [3.05, 3.63) is 0 Å². The van der Waals surface area contributed by atoms with E-state index in [0.717, 1.165) is 0 Å². The van der Waals surface area contributed by atoms with Crippen molar-refractivity contribution in [2.75, 3.05) is 18.5 Å². The fourth-order valence-electron chi connectivity index (χ4n) is 0.254. The Hall–Kier alpha value is 0.110. The lowest BCUT2D eigenvalue weighted by Crippen LogP contribution is -2.08. The lowest BCUT2D eigenvalue weighted by atomic mass is 10.5. The molecular weight excluding hydrogens is 172 g/mol. The van der Waals surface area contributed by atoms with Crippen molar-refractivity contribution >= 4 is 21.7 Å². The van der Waals surface area contributed by atoms with E-state index in [1.807, 2.05) is 6.92 Å². The first kappa shape index (κ1) is 8.11. The zero-order valence-corrected chi connectivity index (χ0v) is 6.40. The van der Waals surface area contributed by atoms with Crippen LogP contribution in [0.25, 0.3) is 0 Å². The summed E-state index contributed by atoms with van der Waals surface area (Å²) in [5, 5.41) is 0.396. The van der Waals surface area contributed by atoms with Crippen LogP contribution >= 0.6 is 15.9 Å². The Morgan fingerprint density at radius 3 is 2.75 bits per heavy atom. The molecule has 0 atom stereocenters. The van der Waals surface area contributed by atoms with E-state index in [0.29, 0.717) is 11.9 Å². The normalized spacial score (nSPS) is 9.25. The second-order valence-electron chi connectivity index (χ2n) is 1.31. The fourth-order valence-corrected chi connectivity index (χ4v) is 0.416. The summed E-state index contributed by atoms with van der Waals surface area (Å²) >= 11 is 3.02. The predicted octanol–water partition coefficient (Wildman–Crippen LogP) is 0.987. The highest BCUT2D eigenvalue weighted by molar-refractivity contribution is 9.09. The minimum atomic E-state index is 0.0897. The zero-order valence-electron chi connectivity index (χ0n) is 4.82. The van der Waals surface area contributed by atoms with Crippen LogP contribution in [0.15, 0.2) is 0 Å². The lowest BCUT2D eigenvalue weighted by Gasteiger charge is -1.94. The van der Waals surface area contributed by atoms with Crippen LogP contribution in [0.3, 0.4) is 0 Å². The molecule has 0 aliphatic heterocycles. The number of Topliss-reactive ketones (excluding diaryl/α,β-unsaturated/α-hetero) is 1. The molecule has 0 aromatic carbocycles. The van der Waals surface area contributed by atoms with Crippen molar-refractivity contribution in [3.8, 4) is 0 Å². The molecule has 0 bridgehead atoms. The maximum absolute atomic E-state index is 10.4. The lowest BCUT2D eigenvalue weighted by molar-refractivity contribution is -0.120. The molecule has 0 unspecified atom stereocenters. The SMILES string of the molecule is CCOCC(=O)CBr. The summed E-state index contributed by atoms with van der Waals surface area (Å²) in [5.41, 5.74) is 0. The molecule has 0 N–H and O–H groups in total. The summed E-state index contributed by atoms with van der Waals surface area (Å²) in [6.07, 6.45) is 0. The maximum atomic E-state index is 10.4. The second-order valence-corrected chi connectivity index (χ2v) is 1.87. The smallest absolute Gasteiger partial charge is 0.168 e. The molecule has 0 aromatic rings. The van der Waals surface area contributed by atoms with Gasteiger partial charge in [-0.25, -0.2) is 0 Å². The molecule has 0 heterocycles. The third-order valence-corrected chi connectivity index (χ3v) is 1.24. The van der Waals surface area contributed by atoms with Gasteiger partial charge in [0.05, 0.1) is 5.33 Å². The molecule has 0 saturated heterocycles. The van der Waals surface area contributed by atoms with E-state index in [1.54, 1.807) is 0 Å². The highest BCUT2D eigenvalue weighted by atomic mass is 79.9. The Labute approximate surface area is 57.3 Å². The van der Waals surface area contributed by atoms with Gasteiger partial charge < -0.3 is 4.74 Å². The molecule has 0 amide bonds. The highest BCUT2D eigenvalue weighted by Gasteiger charge is 1.94. The number of ketones is 1. The molecule has 0 saturated carbocycles. The van der Waals surface area contributed by atoms with Gasteiger partial charge in [0.2, 0.25) is 0 Å². The van der Waals surface area contributed by atoms with Gasteiger partial charge >= 0.3 is 0 Å². The van der Waals surface area contributed by atoms with E-state index in [-0.39, 0.29) is 12.4 Å². The first-order valence-electron chi connectivity index (χ1n) is 2.46. The van der Waals surface area contributed by atoms with Crippen LogP contribution in [0.5, 0.6) is 0 Å². The number of carbonyl (C=O) groups is 1. The highest BCUT2D eigenvalue weighted by Crippen LogP contribution is 1.83. The summed E-state index contributed by atoms with van der Waals surface area (Å²) in [7, 11) is 0. The van der Waals surface area contributed by atoms with Crippen molar-refractivity contribution in [1.29, 1.82) is 0 Å². The summed E-state index contributed by atoms with van der Waals surface area (Å²) < 4.78 is 4.81. The van der Waals surface area contributed by atoms with Gasteiger partial charge in [0.25, 0.3) is 0 Å². The van der Waals surface area contributed by atoms with Crippen LogP contribution in [-0.2, 0) is 9.53 Å². The number of hydrogen-bond acceptors (Lipinski definition) is 2. The maximum Gasteiger partial charge on any atom is 0.168 e. The average Bonchev–Trinajstić information content (AvgIpc) is 1.83. The Morgan fingerprint density at radius 1 is 1.75 bits per heavy atom. The van der Waals surface area contributed by atoms with Gasteiger partial charge in [-0.15, -0.1) is 0 Å². The number of alkyl halides is 1. The van der Waals surface area contributed by atoms with Crippen LogP contribution in [0.1, 0.15) is 6.92 Å². The third-order valence-electron chi connectivity index (χ3n) is 0.616. The molecule has 0 radical (unpaired) electrons. The van der Waals surface area contributed by atoms with Crippen molar-refractivity contribution in [2.45, 2.75) is 6.92 Å². The van der Waals surface area contributed by atoms with E-state index in [2.05, 4.69) is 15.9 Å². The minimum Gasteiger partial charge on any atom is -0.374 e. The largest absolute Gasteiger partial charge is 0.374 e. The monoisotopic (exact) mass is 180 g/mol. The van der Waals surface area contributed by atoms with E-state index < -0.39 is 0 Å². The van der Waals surface area contributed by atoms with E-state index in [4.69, 9.17) is 4.74 Å². The number of rotatable bonds is 4. The van der Waals surface area contributed by atoms with Crippen LogP contribution in [-0.4, -0.2) is 24.3 Å². The quantitative estimate of drug-likeness (QED) is 0.604. The van der Waals surface area contributed by atoms with Gasteiger partial charge in [-0.1, -0.05) is 15.9 Å². The molecular formula is C5H9BrO2. The topological polar surface area (TPSA) is 26.3 Å². The molecule has 0 rings (SSSR count). The molecule has 3 heteroatoms. The summed E-state index contributed by atoms with van der Waals surface area (Å²) in [6.45, 7) is 2.71. The van der Waals surface area contributed by atoms with E-state index in [1.165, 1.54) is 0 Å². The summed E-state index contributed by atoms with van der Waals surface area (Å²) in [5.74, 6) is 0.0897. The predicted molar refractivity (Wildman–Crippen MR) is 35.3 cm³/mol. The van der Waals surface area contributed by atoms with Gasteiger partial charge in [0.15, 0.2) is 5.78 Å². The summed E-state index contributed by atoms with van der Waals surface area (Å²) in [4.78, 5) is 10.4. The van der Waals surface area contributed by atoms with Crippen molar-refractivity contribution < 1.29 is 9.53 Å². The Morgan fingerprint density at radius 2 is 2.38 bits per heavy atom. The van der Waals surface area contributed by atoms with Gasteiger partial charge in [-0.3, -0.25) is 4.79 Å². The Kier molecular flexibility index (Phi) is 5.32. The van der Waals surface area contributed by atoms with Gasteiger partial charge in [0, 0.05) is 6.61 Å². The molecule has 2 nitrogen and oxygen atoms in total. The number of ether oxygens (including phenoxy) is 1. The van der Waals surface area contributed by atoms with E-state index >= 15 is 0 Å². The minimum absolute atomic E-state index is 0.0897. The van der Waals surface area contributed by atoms with Crippen molar-refractivity contribution in [3.63, 3.8) is 0 Å². The molecule has 0 spiro atoms. The van der Waals surface area contributed by atoms with Gasteiger partial charge in [0.1, 0.15) is 6.61 Å². The van der Waals surface area contributed by atoms with Crippen LogP contribution in [0, 0.1) is 0 Å². The number of halogens is 1. The zero-order chi connectivity index (χ0) is 6.41. The van der Waals surface area contributed by atoms with Crippen molar-refractivity contribution in [1.82, 2.24) is 0 Å². The molecule has 0 aromatic heterocycles. The second kappa shape index (κ2) is 5.25. The molecule has 48 valence electrons. The number of hydrogen-bond donors (Lipinski definition) is 0. The molecule has 8 heavy (non-hydrogen) atoms. The van der Waals surface area contributed by atoms with Crippen LogP contribution in [0.4, 0.5) is 0 Å². The van der Waals surface area contributed by atoms with Crippen molar-refractivity contribution in [2.24, 2.45) is 0 Å². The standard InChI is InChI=1S/C5H9BrO2/c1-2-8-4-5(7)3-6/h2-4H2,1H3. The van der Waals surface area contributed by atoms with Gasteiger partial charge in [-0.05, 0) is 6.92 Å².